The molecule has 2 aromatic rings. The molecule has 0 fully saturated rings. The highest BCUT2D eigenvalue weighted by atomic mass is 32.2. The third kappa shape index (κ3) is 3.50. The second-order valence-electron chi connectivity index (χ2n) is 7.98. The van der Waals surface area contributed by atoms with Crippen molar-refractivity contribution in [1.82, 2.24) is 14.8 Å². The van der Waals surface area contributed by atoms with Gasteiger partial charge in [0.25, 0.3) is 0 Å². The molecule has 1 N–H and O–H groups in total. The van der Waals surface area contributed by atoms with Crippen LogP contribution in [-0.4, -0.2) is 40.5 Å². The standard InChI is InChI=1S/C21H26N4O3S/c1-6-29-20-23-19-22-14-10-21(2,3)11-15(26)17(14)18(25(19)24-20)13-8-7-12(27-4)9-16(13)28-5/h7-10,17-18H,6,11H2,1-5H3,(H,22,23,24)/t17-,18-/m1/s1. The molecule has 1 aromatic heterocycles. The Bertz CT molecular complexity index is 982. The number of methoxy groups -OCH3 is 2. The molecule has 2 atom stereocenters. The van der Waals surface area contributed by atoms with Crippen molar-refractivity contribution in [3.05, 3.63) is 35.5 Å². The summed E-state index contributed by atoms with van der Waals surface area (Å²) in [7, 11) is 3.25. The third-order valence-corrected chi connectivity index (χ3v) is 6.06. The number of fused-ring (bicyclic) bond motifs is 2. The molecule has 2 aliphatic rings. The molecule has 1 aliphatic carbocycles. The van der Waals surface area contributed by atoms with E-state index < -0.39 is 0 Å². The molecule has 2 heterocycles. The first-order chi connectivity index (χ1) is 13.9. The number of allylic oxidation sites excluding steroid dienone is 2. The smallest absolute Gasteiger partial charge is 0.227 e. The minimum atomic E-state index is -0.362. The first kappa shape index (κ1) is 19.8. The zero-order chi connectivity index (χ0) is 20.8. The maximum absolute atomic E-state index is 13.3. The van der Waals surface area contributed by atoms with Gasteiger partial charge in [-0.15, -0.1) is 5.10 Å². The Hall–Kier alpha value is -2.48. The van der Waals surface area contributed by atoms with E-state index in [0.717, 1.165) is 17.0 Å². The van der Waals surface area contributed by atoms with Crippen LogP contribution >= 0.6 is 11.8 Å². The number of Topliss-reactive ketones (excluding diaryl/α,β-unsaturated/α-hetero) is 1. The highest BCUT2D eigenvalue weighted by Crippen LogP contribution is 2.47. The lowest BCUT2D eigenvalue weighted by Gasteiger charge is -2.40. The number of ether oxygens (including phenoxy) is 2. The minimum absolute atomic E-state index is 0.189. The molecule has 29 heavy (non-hydrogen) atoms. The number of nitrogens with zero attached hydrogens (tertiary/aromatic N) is 3. The summed E-state index contributed by atoms with van der Waals surface area (Å²) in [6, 6.07) is 5.35. The topological polar surface area (TPSA) is 78.3 Å². The lowest BCUT2D eigenvalue weighted by Crippen LogP contribution is -2.42. The van der Waals surface area contributed by atoms with Crippen molar-refractivity contribution in [3.63, 3.8) is 0 Å². The van der Waals surface area contributed by atoms with Crippen LogP contribution in [0.5, 0.6) is 11.5 Å². The number of anilines is 1. The highest BCUT2D eigenvalue weighted by molar-refractivity contribution is 7.99. The number of hydrogen-bond donors (Lipinski definition) is 1. The Balaban J connectivity index is 1.91. The fourth-order valence-electron chi connectivity index (χ4n) is 4.17. The first-order valence-corrected chi connectivity index (χ1v) is 10.7. The highest BCUT2D eigenvalue weighted by Gasteiger charge is 2.46. The number of nitrogens with one attached hydrogen (secondary N) is 1. The molecule has 4 rings (SSSR count). The van der Waals surface area contributed by atoms with Crippen LogP contribution in [0.25, 0.3) is 0 Å². The monoisotopic (exact) mass is 414 g/mol. The number of thioether (sulfide) groups is 1. The second kappa shape index (κ2) is 7.40. The van der Waals surface area contributed by atoms with Gasteiger partial charge in [-0.05, 0) is 23.3 Å². The van der Waals surface area contributed by atoms with E-state index in [2.05, 4.69) is 37.1 Å². The van der Waals surface area contributed by atoms with Crippen molar-refractivity contribution >= 4 is 23.5 Å². The summed E-state index contributed by atoms with van der Waals surface area (Å²) in [5, 5.41) is 8.79. The normalized spacial score (nSPS) is 22.2. The average molecular weight is 415 g/mol. The first-order valence-electron chi connectivity index (χ1n) is 9.70. The average Bonchev–Trinajstić information content (AvgIpc) is 3.07. The number of benzene rings is 1. The summed E-state index contributed by atoms with van der Waals surface area (Å²) >= 11 is 1.58. The van der Waals surface area contributed by atoms with Gasteiger partial charge in [0, 0.05) is 23.7 Å². The summed E-state index contributed by atoms with van der Waals surface area (Å²) in [4.78, 5) is 17.9. The van der Waals surface area contributed by atoms with Crippen LogP contribution in [0.15, 0.2) is 35.1 Å². The van der Waals surface area contributed by atoms with Crippen LogP contribution in [0.4, 0.5) is 5.95 Å². The number of aromatic nitrogens is 3. The van der Waals surface area contributed by atoms with Crippen molar-refractivity contribution in [2.75, 3.05) is 25.3 Å². The van der Waals surface area contributed by atoms with E-state index >= 15 is 0 Å². The van der Waals surface area contributed by atoms with Crippen LogP contribution in [0.3, 0.4) is 0 Å². The molecule has 0 radical (unpaired) electrons. The molecule has 0 bridgehead atoms. The van der Waals surface area contributed by atoms with Gasteiger partial charge in [-0.25, -0.2) is 4.68 Å². The molecular weight excluding hydrogens is 388 g/mol. The van der Waals surface area contributed by atoms with E-state index in [4.69, 9.17) is 14.6 Å². The molecule has 1 aromatic carbocycles. The molecule has 0 spiro atoms. The number of rotatable bonds is 5. The summed E-state index contributed by atoms with van der Waals surface area (Å²) in [6.07, 6.45) is 2.64. The number of carbonyl (C=O) groups is 1. The van der Waals surface area contributed by atoms with Gasteiger partial charge < -0.3 is 14.8 Å². The van der Waals surface area contributed by atoms with Crippen LogP contribution in [0.1, 0.15) is 38.8 Å². The molecule has 0 saturated heterocycles. The maximum Gasteiger partial charge on any atom is 0.227 e. The van der Waals surface area contributed by atoms with Crippen molar-refractivity contribution in [2.24, 2.45) is 11.3 Å². The Labute approximate surface area is 174 Å². The van der Waals surface area contributed by atoms with Crippen molar-refractivity contribution in [1.29, 1.82) is 0 Å². The largest absolute Gasteiger partial charge is 0.497 e. The zero-order valence-electron chi connectivity index (χ0n) is 17.4. The third-order valence-electron chi connectivity index (χ3n) is 5.34. The number of carbonyl (C=O) groups excluding carboxylic acids is 1. The van der Waals surface area contributed by atoms with Gasteiger partial charge in [0.05, 0.1) is 26.2 Å². The summed E-state index contributed by atoms with van der Waals surface area (Å²) < 4.78 is 12.9. The van der Waals surface area contributed by atoms with Gasteiger partial charge in [0.2, 0.25) is 11.1 Å². The zero-order valence-corrected chi connectivity index (χ0v) is 18.2. The van der Waals surface area contributed by atoms with E-state index in [0.29, 0.717) is 29.0 Å². The van der Waals surface area contributed by atoms with Gasteiger partial charge in [-0.2, -0.15) is 4.98 Å². The quantitative estimate of drug-likeness (QED) is 0.743. The van der Waals surface area contributed by atoms with E-state index in [1.165, 1.54) is 0 Å². The van der Waals surface area contributed by atoms with Gasteiger partial charge in [0.1, 0.15) is 17.3 Å². The minimum Gasteiger partial charge on any atom is -0.497 e. The molecular formula is C21H26N4O3S. The predicted molar refractivity (Wildman–Crippen MR) is 113 cm³/mol. The second-order valence-corrected chi connectivity index (χ2v) is 9.21. The van der Waals surface area contributed by atoms with Gasteiger partial charge >= 0.3 is 0 Å². The summed E-state index contributed by atoms with van der Waals surface area (Å²) in [5.41, 5.74) is 1.58. The molecule has 0 unspecified atom stereocenters. The Morgan fingerprint density at radius 2 is 2.10 bits per heavy atom. The lowest BCUT2D eigenvalue weighted by atomic mass is 9.72. The summed E-state index contributed by atoms with van der Waals surface area (Å²) in [6.45, 7) is 6.23. The molecule has 1 aliphatic heterocycles. The van der Waals surface area contributed by atoms with Crippen LogP contribution in [0, 0.1) is 11.3 Å². The van der Waals surface area contributed by atoms with E-state index in [-0.39, 0.29) is 23.2 Å². The number of ketones is 1. The fourth-order valence-corrected chi connectivity index (χ4v) is 4.73. The Morgan fingerprint density at radius 3 is 2.79 bits per heavy atom. The SMILES string of the molecule is CCSc1nc2n(n1)[C@H](c1ccc(OC)cc1OC)[C@H]1C(=O)CC(C)(C)C=C1N2. The van der Waals surface area contributed by atoms with Crippen molar-refractivity contribution < 1.29 is 14.3 Å². The number of hydrogen-bond acceptors (Lipinski definition) is 7. The summed E-state index contributed by atoms with van der Waals surface area (Å²) in [5.74, 6) is 2.72. The maximum atomic E-state index is 13.3. The van der Waals surface area contributed by atoms with E-state index in [1.807, 2.05) is 22.9 Å². The molecule has 0 saturated carbocycles. The van der Waals surface area contributed by atoms with Crippen LogP contribution in [-0.2, 0) is 4.79 Å². The van der Waals surface area contributed by atoms with E-state index in [1.54, 1.807) is 26.0 Å². The van der Waals surface area contributed by atoms with Gasteiger partial charge in [0.15, 0.2) is 0 Å². The Kier molecular flexibility index (Phi) is 5.06. The molecule has 0 amide bonds. The van der Waals surface area contributed by atoms with Crippen molar-refractivity contribution in [3.8, 4) is 11.5 Å². The van der Waals surface area contributed by atoms with Crippen LogP contribution < -0.4 is 14.8 Å². The molecule has 8 heteroatoms. The molecule has 154 valence electrons. The fraction of sp³-hybridized carbons (Fsp3) is 0.476. The van der Waals surface area contributed by atoms with Gasteiger partial charge in [-0.3, -0.25) is 4.79 Å². The van der Waals surface area contributed by atoms with E-state index in [9.17, 15) is 4.79 Å². The van der Waals surface area contributed by atoms with Crippen LogP contribution in [0.2, 0.25) is 0 Å². The van der Waals surface area contributed by atoms with Gasteiger partial charge in [-0.1, -0.05) is 38.6 Å². The molecule has 7 nitrogen and oxygen atoms in total. The predicted octanol–water partition coefficient (Wildman–Crippen LogP) is 3.92. The van der Waals surface area contributed by atoms with Crippen molar-refractivity contribution in [2.45, 2.75) is 38.4 Å². The Morgan fingerprint density at radius 1 is 1.31 bits per heavy atom. The lowest BCUT2D eigenvalue weighted by molar-refractivity contribution is -0.125.